The van der Waals surface area contributed by atoms with Gasteiger partial charge >= 0.3 is 0 Å². The van der Waals surface area contributed by atoms with Crippen molar-refractivity contribution in [2.75, 3.05) is 25.0 Å². The smallest absolute Gasteiger partial charge is 0.240 e. The summed E-state index contributed by atoms with van der Waals surface area (Å²) in [6, 6.07) is 14.7. The number of pyridine rings is 1. The second-order valence-corrected chi connectivity index (χ2v) is 10.2. The minimum absolute atomic E-state index is 0.0380. The predicted octanol–water partition coefficient (Wildman–Crippen LogP) is 4.50. The molecule has 8 heteroatoms. The number of piperidine rings is 1. The van der Waals surface area contributed by atoms with Gasteiger partial charge in [-0.2, -0.15) is 0 Å². The Morgan fingerprint density at radius 2 is 1.97 bits per heavy atom. The molecule has 2 aromatic carbocycles. The second kappa shape index (κ2) is 9.01. The first kappa shape index (κ1) is 21.2. The maximum atomic E-state index is 12.8. The van der Waals surface area contributed by atoms with Crippen LogP contribution in [0.1, 0.15) is 19.8 Å². The maximum Gasteiger partial charge on any atom is 0.240 e. The number of aromatic nitrogens is 1. The number of anilines is 2. The van der Waals surface area contributed by atoms with Crippen LogP contribution in [-0.2, 0) is 10.0 Å². The third-order valence-corrected chi connectivity index (χ3v) is 7.45. The molecule has 2 N–H and O–H groups in total. The van der Waals surface area contributed by atoms with Crippen LogP contribution in [0.5, 0.6) is 0 Å². The van der Waals surface area contributed by atoms with Crippen molar-refractivity contribution >= 4 is 48.2 Å². The zero-order valence-electron chi connectivity index (χ0n) is 16.8. The van der Waals surface area contributed by atoms with Crippen LogP contribution in [0.25, 0.3) is 10.9 Å². The minimum Gasteiger partial charge on any atom is -0.355 e. The van der Waals surface area contributed by atoms with Gasteiger partial charge in [0.05, 0.1) is 10.4 Å². The lowest BCUT2D eigenvalue weighted by Crippen LogP contribution is -2.47. The maximum absolute atomic E-state index is 12.8. The van der Waals surface area contributed by atoms with Crippen LogP contribution in [0, 0.1) is 0 Å². The molecule has 2 heterocycles. The molecule has 6 nitrogen and oxygen atoms in total. The summed E-state index contributed by atoms with van der Waals surface area (Å²) in [6.45, 7) is 4.85. The van der Waals surface area contributed by atoms with E-state index >= 15 is 0 Å². The van der Waals surface area contributed by atoms with Gasteiger partial charge in [0.15, 0.2) is 0 Å². The van der Waals surface area contributed by atoms with Crippen molar-refractivity contribution < 1.29 is 8.42 Å². The lowest BCUT2D eigenvalue weighted by atomic mass is 10.1. The van der Waals surface area contributed by atoms with Gasteiger partial charge in [0.1, 0.15) is 0 Å². The standard InChI is InChI=1S/C22H25BrN4O2S/c1-2-27-13-3-4-18(15-27)26-30(28,29)19-8-6-17(7-9-19)25-21-11-12-24-22-14-16(23)5-10-20(21)22/h5-12,14,18,26H,2-4,13,15H2,1H3,(H,24,25). The molecule has 1 saturated heterocycles. The largest absolute Gasteiger partial charge is 0.355 e. The summed E-state index contributed by atoms with van der Waals surface area (Å²) in [4.78, 5) is 6.96. The molecule has 3 aromatic rings. The Morgan fingerprint density at radius 1 is 1.17 bits per heavy atom. The fourth-order valence-corrected chi connectivity index (χ4v) is 5.44. The zero-order valence-corrected chi connectivity index (χ0v) is 19.2. The van der Waals surface area contributed by atoms with E-state index in [4.69, 9.17) is 0 Å². The third kappa shape index (κ3) is 4.83. The zero-order chi connectivity index (χ0) is 21.1. The third-order valence-electron chi connectivity index (χ3n) is 5.42. The molecular weight excluding hydrogens is 464 g/mol. The second-order valence-electron chi connectivity index (χ2n) is 7.52. The van der Waals surface area contributed by atoms with E-state index in [0.717, 1.165) is 59.2 Å². The van der Waals surface area contributed by atoms with E-state index < -0.39 is 10.0 Å². The molecule has 0 saturated carbocycles. The Bertz CT molecular complexity index is 1140. The Kier molecular flexibility index (Phi) is 6.38. The van der Waals surface area contributed by atoms with Crippen LogP contribution in [0.2, 0.25) is 0 Å². The number of hydrogen-bond donors (Lipinski definition) is 2. The molecule has 0 amide bonds. The summed E-state index contributed by atoms with van der Waals surface area (Å²) in [5.41, 5.74) is 2.62. The quantitative estimate of drug-likeness (QED) is 0.533. The summed E-state index contributed by atoms with van der Waals surface area (Å²) >= 11 is 3.47. The van der Waals surface area contributed by atoms with Crippen molar-refractivity contribution in [1.29, 1.82) is 0 Å². The van der Waals surface area contributed by atoms with Gasteiger partial charge in [-0.05, 0) is 74.5 Å². The highest BCUT2D eigenvalue weighted by Crippen LogP contribution is 2.27. The van der Waals surface area contributed by atoms with E-state index in [-0.39, 0.29) is 10.9 Å². The lowest BCUT2D eigenvalue weighted by molar-refractivity contribution is 0.211. The number of hydrogen-bond acceptors (Lipinski definition) is 5. The number of benzene rings is 2. The molecule has 158 valence electrons. The van der Waals surface area contributed by atoms with E-state index in [0.29, 0.717) is 0 Å². The number of sulfonamides is 1. The highest BCUT2D eigenvalue weighted by Gasteiger charge is 2.24. The number of nitrogens with one attached hydrogen (secondary N) is 2. The molecule has 4 rings (SSSR count). The first-order valence-corrected chi connectivity index (χ1v) is 12.4. The van der Waals surface area contributed by atoms with Crippen molar-refractivity contribution in [3.8, 4) is 0 Å². The topological polar surface area (TPSA) is 74.3 Å². The normalized spacial score (nSPS) is 17.9. The monoisotopic (exact) mass is 488 g/mol. The average molecular weight is 489 g/mol. The van der Waals surface area contributed by atoms with Gasteiger partial charge in [-0.3, -0.25) is 4.98 Å². The highest BCUT2D eigenvalue weighted by molar-refractivity contribution is 9.10. The molecule has 30 heavy (non-hydrogen) atoms. The first-order chi connectivity index (χ1) is 14.4. The Labute approximate surface area is 185 Å². The number of halogens is 1. The SMILES string of the molecule is CCN1CCCC(NS(=O)(=O)c2ccc(Nc3ccnc4cc(Br)ccc34)cc2)C1. The van der Waals surface area contributed by atoms with Crippen LogP contribution in [-0.4, -0.2) is 44.0 Å². The van der Waals surface area contributed by atoms with Crippen molar-refractivity contribution in [2.45, 2.75) is 30.7 Å². The summed E-state index contributed by atoms with van der Waals surface area (Å²) in [7, 11) is -3.54. The van der Waals surface area contributed by atoms with Gasteiger partial charge in [0.25, 0.3) is 0 Å². The molecule has 0 bridgehead atoms. The fourth-order valence-electron chi connectivity index (χ4n) is 3.83. The molecule has 0 radical (unpaired) electrons. The van der Waals surface area contributed by atoms with E-state index in [2.05, 4.69) is 42.8 Å². The summed E-state index contributed by atoms with van der Waals surface area (Å²) < 4.78 is 29.5. The number of likely N-dealkylation sites (N-methyl/N-ethyl adjacent to an activating group) is 1. The minimum atomic E-state index is -3.54. The van der Waals surface area contributed by atoms with Crippen LogP contribution >= 0.6 is 15.9 Å². The van der Waals surface area contributed by atoms with Gasteiger partial charge in [-0.15, -0.1) is 0 Å². The van der Waals surface area contributed by atoms with E-state index in [1.807, 2.05) is 24.3 Å². The molecule has 1 aliphatic heterocycles. The molecule has 1 atom stereocenters. The first-order valence-electron chi connectivity index (χ1n) is 10.1. The van der Waals surface area contributed by atoms with Gasteiger partial charge < -0.3 is 10.2 Å². The van der Waals surface area contributed by atoms with Crippen LogP contribution in [0.4, 0.5) is 11.4 Å². The molecule has 1 aliphatic rings. The van der Waals surface area contributed by atoms with Crippen LogP contribution in [0.15, 0.2) is 64.1 Å². The van der Waals surface area contributed by atoms with Crippen molar-refractivity contribution in [2.24, 2.45) is 0 Å². The Morgan fingerprint density at radius 3 is 2.73 bits per heavy atom. The van der Waals surface area contributed by atoms with Crippen LogP contribution < -0.4 is 10.0 Å². The van der Waals surface area contributed by atoms with Gasteiger partial charge in [-0.1, -0.05) is 22.9 Å². The number of nitrogens with zero attached hydrogens (tertiary/aromatic N) is 2. The van der Waals surface area contributed by atoms with Crippen molar-refractivity contribution in [3.63, 3.8) is 0 Å². The Hall–Kier alpha value is -2.00. The number of fused-ring (bicyclic) bond motifs is 1. The highest BCUT2D eigenvalue weighted by atomic mass is 79.9. The molecule has 1 unspecified atom stereocenters. The molecule has 1 aromatic heterocycles. The molecule has 0 aliphatic carbocycles. The Balaban J connectivity index is 1.49. The molecule has 1 fully saturated rings. The number of rotatable bonds is 6. The van der Waals surface area contributed by atoms with Crippen molar-refractivity contribution in [1.82, 2.24) is 14.6 Å². The molecular formula is C22H25BrN4O2S. The van der Waals surface area contributed by atoms with Crippen molar-refractivity contribution in [3.05, 3.63) is 59.2 Å². The summed E-state index contributed by atoms with van der Waals surface area (Å²) in [5.74, 6) is 0. The predicted molar refractivity (Wildman–Crippen MR) is 125 cm³/mol. The summed E-state index contributed by atoms with van der Waals surface area (Å²) in [5, 5.41) is 4.36. The van der Waals surface area contributed by atoms with Crippen LogP contribution in [0.3, 0.4) is 0 Å². The van der Waals surface area contributed by atoms with Gasteiger partial charge in [0, 0.05) is 40.0 Å². The van der Waals surface area contributed by atoms with Gasteiger partial charge in [-0.25, -0.2) is 13.1 Å². The molecule has 0 spiro atoms. The lowest BCUT2D eigenvalue weighted by Gasteiger charge is -2.32. The average Bonchev–Trinajstić information content (AvgIpc) is 2.74. The fraction of sp³-hybridized carbons (Fsp3) is 0.318. The van der Waals surface area contributed by atoms with E-state index in [1.54, 1.807) is 30.5 Å². The van der Waals surface area contributed by atoms with Gasteiger partial charge in [0.2, 0.25) is 10.0 Å². The number of likely N-dealkylation sites (tertiary alicyclic amines) is 1. The van der Waals surface area contributed by atoms with E-state index in [9.17, 15) is 8.42 Å². The van der Waals surface area contributed by atoms with E-state index in [1.165, 1.54) is 0 Å². The summed E-state index contributed by atoms with van der Waals surface area (Å²) in [6.07, 6.45) is 3.64.